The lowest BCUT2D eigenvalue weighted by Gasteiger charge is -2.46. The lowest BCUT2D eigenvalue weighted by molar-refractivity contribution is -0.116. The Morgan fingerprint density at radius 2 is 2.36 bits per heavy atom. The SMILES string of the molecule is OC1(C2CC2)CN(Cc2cncs2)C1. The van der Waals surface area contributed by atoms with Gasteiger partial charge in [-0.2, -0.15) is 0 Å². The van der Waals surface area contributed by atoms with E-state index in [2.05, 4.69) is 9.88 Å². The molecule has 1 aliphatic heterocycles. The van der Waals surface area contributed by atoms with Gasteiger partial charge in [0.2, 0.25) is 0 Å². The Morgan fingerprint density at radius 1 is 1.57 bits per heavy atom. The number of likely N-dealkylation sites (tertiary alicyclic amines) is 1. The maximum atomic E-state index is 10.1. The van der Waals surface area contributed by atoms with Crippen molar-refractivity contribution < 1.29 is 5.11 Å². The second-order valence-corrected chi connectivity index (χ2v) is 5.46. The number of aromatic nitrogens is 1. The molecule has 0 radical (unpaired) electrons. The largest absolute Gasteiger partial charge is 0.387 e. The zero-order chi connectivity index (χ0) is 9.60. The molecule has 1 aromatic heterocycles. The maximum Gasteiger partial charge on any atom is 0.0928 e. The van der Waals surface area contributed by atoms with E-state index in [-0.39, 0.29) is 5.60 Å². The van der Waals surface area contributed by atoms with E-state index in [1.165, 1.54) is 17.7 Å². The summed E-state index contributed by atoms with van der Waals surface area (Å²) in [6, 6.07) is 0. The van der Waals surface area contributed by atoms with Gasteiger partial charge in [-0.1, -0.05) is 0 Å². The van der Waals surface area contributed by atoms with E-state index in [4.69, 9.17) is 0 Å². The summed E-state index contributed by atoms with van der Waals surface area (Å²) in [6.45, 7) is 2.67. The predicted octanol–water partition coefficient (Wildman–Crippen LogP) is 1.10. The van der Waals surface area contributed by atoms with E-state index in [0.717, 1.165) is 19.6 Å². The van der Waals surface area contributed by atoms with Gasteiger partial charge in [0.25, 0.3) is 0 Å². The Balaban J connectivity index is 1.54. The molecule has 76 valence electrons. The van der Waals surface area contributed by atoms with Crippen LogP contribution in [0.15, 0.2) is 11.7 Å². The average Bonchev–Trinajstić information content (AvgIpc) is 2.84. The molecular formula is C10H14N2OS. The number of β-amino-alcohol motifs (C(OH)–C–C–N with tert-alkyl or cyclic N) is 1. The van der Waals surface area contributed by atoms with Crippen molar-refractivity contribution in [1.82, 2.24) is 9.88 Å². The first-order valence-corrected chi connectivity index (χ1v) is 5.96. The van der Waals surface area contributed by atoms with Crippen LogP contribution in [0.4, 0.5) is 0 Å². The van der Waals surface area contributed by atoms with Gasteiger partial charge in [-0.05, 0) is 18.8 Å². The third-order valence-corrected chi connectivity index (χ3v) is 3.96. The van der Waals surface area contributed by atoms with Crippen LogP contribution in [0.2, 0.25) is 0 Å². The molecule has 1 saturated carbocycles. The standard InChI is InChI=1S/C10H14N2OS/c13-10(8-1-2-8)5-12(6-10)4-9-3-11-7-14-9/h3,7-8,13H,1-2,4-6H2. The van der Waals surface area contributed by atoms with Gasteiger partial charge in [0.1, 0.15) is 0 Å². The van der Waals surface area contributed by atoms with Crippen LogP contribution >= 0.6 is 11.3 Å². The summed E-state index contributed by atoms with van der Waals surface area (Å²) in [5.41, 5.74) is 1.52. The van der Waals surface area contributed by atoms with Crippen LogP contribution < -0.4 is 0 Å². The van der Waals surface area contributed by atoms with Crippen molar-refractivity contribution in [2.45, 2.75) is 25.0 Å². The molecule has 14 heavy (non-hydrogen) atoms. The van der Waals surface area contributed by atoms with Gasteiger partial charge in [0.15, 0.2) is 0 Å². The molecule has 1 aliphatic carbocycles. The molecule has 0 atom stereocenters. The smallest absolute Gasteiger partial charge is 0.0928 e. The highest BCUT2D eigenvalue weighted by Crippen LogP contribution is 2.44. The lowest BCUT2D eigenvalue weighted by atomic mass is 9.89. The van der Waals surface area contributed by atoms with Crippen LogP contribution in [0.25, 0.3) is 0 Å². The summed E-state index contributed by atoms with van der Waals surface area (Å²) in [6.07, 6.45) is 4.37. The van der Waals surface area contributed by atoms with Crippen molar-refractivity contribution in [2.24, 2.45) is 5.92 Å². The number of nitrogens with zero attached hydrogens (tertiary/aromatic N) is 2. The predicted molar refractivity (Wildman–Crippen MR) is 55.1 cm³/mol. The van der Waals surface area contributed by atoms with Crippen LogP contribution in [0.3, 0.4) is 0 Å². The zero-order valence-corrected chi connectivity index (χ0v) is 8.83. The maximum absolute atomic E-state index is 10.1. The highest BCUT2D eigenvalue weighted by Gasteiger charge is 2.51. The second-order valence-electron chi connectivity index (χ2n) is 4.49. The Hall–Kier alpha value is -0.450. The Bertz CT molecular complexity index is 315. The van der Waals surface area contributed by atoms with Gasteiger partial charge in [-0.3, -0.25) is 9.88 Å². The minimum absolute atomic E-state index is 0.343. The number of rotatable bonds is 3. The van der Waals surface area contributed by atoms with E-state index in [0.29, 0.717) is 5.92 Å². The average molecular weight is 210 g/mol. The summed E-state index contributed by atoms with van der Waals surface area (Å²) in [7, 11) is 0. The van der Waals surface area contributed by atoms with Gasteiger partial charge in [0, 0.05) is 30.7 Å². The second kappa shape index (κ2) is 3.02. The normalized spacial score (nSPS) is 26.1. The minimum atomic E-state index is -0.343. The molecule has 2 fully saturated rings. The molecule has 1 N–H and O–H groups in total. The highest BCUT2D eigenvalue weighted by atomic mass is 32.1. The van der Waals surface area contributed by atoms with Crippen LogP contribution in [0.1, 0.15) is 17.7 Å². The van der Waals surface area contributed by atoms with E-state index >= 15 is 0 Å². The van der Waals surface area contributed by atoms with Crippen molar-refractivity contribution in [3.63, 3.8) is 0 Å². The van der Waals surface area contributed by atoms with Gasteiger partial charge in [0.05, 0.1) is 11.1 Å². The van der Waals surface area contributed by atoms with Crippen molar-refractivity contribution in [2.75, 3.05) is 13.1 Å². The Kier molecular flexibility index (Phi) is 1.90. The van der Waals surface area contributed by atoms with E-state index in [9.17, 15) is 5.11 Å². The summed E-state index contributed by atoms with van der Waals surface area (Å²) in [5.74, 6) is 0.597. The lowest BCUT2D eigenvalue weighted by Crippen LogP contribution is -2.62. The number of hydrogen-bond donors (Lipinski definition) is 1. The van der Waals surface area contributed by atoms with Crippen LogP contribution in [-0.4, -0.2) is 33.7 Å². The van der Waals surface area contributed by atoms with E-state index in [1.54, 1.807) is 11.3 Å². The Labute approximate surface area is 87.4 Å². The van der Waals surface area contributed by atoms with Crippen LogP contribution in [0, 0.1) is 5.92 Å². The third-order valence-electron chi connectivity index (χ3n) is 3.19. The van der Waals surface area contributed by atoms with Gasteiger partial charge in [-0.25, -0.2) is 0 Å². The first-order valence-electron chi connectivity index (χ1n) is 5.08. The number of thiazole rings is 1. The highest BCUT2D eigenvalue weighted by molar-refractivity contribution is 7.09. The zero-order valence-electron chi connectivity index (χ0n) is 8.02. The summed E-state index contributed by atoms with van der Waals surface area (Å²) < 4.78 is 0. The molecule has 2 heterocycles. The molecule has 1 saturated heterocycles. The van der Waals surface area contributed by atoms with Gasteiger partial charge >= 0.3 is 0 Å². The molecule has 4 heteroatoms. The monoisotopic (exact) mass is 210 g/mol. The molecule has 3 rings (SSSR count). The fraction of sp³-hybridized carbons (Fsp3) is 0.700. The van der Waals surface area contributed by atoms with Crippen LogP contribution in [0.5, 0.6) is 0 Å². The van der Waals surface area contributed by atoms with Crippen molar-refractivity contribution in [1.29, 1.82) is 0 Å². The molecule has 0 amide bonds. The van der Waals surface area contributed by atoms with Crippen molar-refractivity contribution in [3.8, 4) is 0 Å². The molecule has 1 aromatic rings. The molecule has 2 aliphatic rings. The summed E-state index contributed by atoms with van der Waals surface area (Å²) in [5, 5.41) is 10.1. The molecule has 0 aromatic carbocycles. The van der Waals surface area contributed by atoms with Crippen molar-refractivity contribution in [3.05, 3.63) is 16.6 Å². The van der Waals surface area contributed by atoms with E-state index < -0.39 is 0 Å². The molecule has 0 bridgehead atoms. The minimum Gasteiger partial charge on any atom is -0.387 e. The Morgan fingerprint density at radius 3 is 2.93 bits per heavy atom. The van der Waals surface area contributed by atoms with Crippen molar-refractivity contribution >= 4 is 11.3 Å². The van der Waals surface area contributed by atoms with Gasteiger partial charge < -0.3 is 5.11 Å². The van der Waals surface area contributed by atoms with E-state index in [1.807, 2.05) is 11.7 Å². The van der Waals surface area contributed by atoms with Crippen LogP contribution in [-0.2, 0) is 6.54 Å². The number of hydrogen-bond acceptors (Lipinski definition) is 4. The fourth-order valence-electron chi connectivity index (χ4n) is 2.26. The molecule has 0 spiro atoms. The topological polar surface area (TPSA) is 36.4 Å². The molecular weight excluding hydrogens is 196 g/mol. The first kappa shape index (κ1) is 8.83. The first-order chi connectivity index (χ1) is 6.76. The third kappa shape index (κ3) is 1.47. The quantitative estimate of drug-likeness (QED) is 0.811. The summed E-state index contributed by atoms with van der Waals surface area (Å²) in [4.78, 5) is 7.64. The summed E-state index contributed by atoms with van der Waals surface area (Å²) >= 11 is 1.69. The number of aliphatic hydroxyl groups is 1. The fourth-order valence-corrected chi connectivity index (χ4v) is 2.90. The molecule has 3 nitrogen and oxygen atoms in total. The van der Waals surface area contributed by atoms with Gasteiger partial charge in [-0.15, -0.1) is 11.3 Å². The molecule has 0 unspecified atom stereocenters.